The Morgan fingerprint density at radius 2 is 1.80 bits per heavy atom. The first kappa shape index (κ1) is 18.1. The van der Waals surface area contributed by atoms with Crippen molar-refractivity contribution in [1.82, 2.24) is 14.1 Å². The fraction of sp³-hybridized carbons (Fsp3) is 0.526. The molecule has 0 radical (unpaired) electrons. The minimum absolute atomic E-state index is 0.0114. The number of aromatic nitrogens is 2. The fourth-order valence-electron chi connectivity index (χ4n) is 3.33. The molecule has 0 N–H and O–H groups in total. The topological polar surface area (TPSA) is 55.2 Å². The molecule has 1 aliphatic heterocycles. The zero-order chi connectivity index (χ0) is 18.2. The van der Waals surface area contributed by atoms with Crippen molar-refractivity contribution in [3.63, 3.8) is 0 Å². The van der Waals surface area contributed by atoms with Crippen molar-refractivity contribution >= 4 is 10.0 Å². The van der Waals surface area contributed by atoms with Crippen LogP contribution in [0.3, 0.4) is 0 Å². The van der Waals surface area contributed by atoms with Crippen molar-refractivity contribution in [2.24, 2.45) is 7.05 Å². The van der Waals surface area contributed by atoms with Crippen LogP contribution < -0.4 is 0 Å². The van der Waals surface area contributed by atoms with Gasteiger partial charge in [-0.25, -0.2) is 8.42 Å². The molecule has 1 aromatic heterocycles. The van der Waals surface area contributed by atoms with Gasteiger partial charge in [-0.15, -0.1) is 0 Å². The lowest BCUT2D eigenvalue weighted by Crippen LogP contribution is -2.39. The van der Waals surface area contributed by atoms with Gasteiger partial charge in [-0.1, -0.05) is 32.9 Å². The molecule has 0 bridgehead atoms. The van der Waals surface area contributed by atoms with Crippen molar-refractivity contribution in [3.05, 3.63) is 47.8 Å². The third-order valence-electron chi connectivity index (χ3n) is 4.89. The van der Waals surface area contributed by atoms with E-state index in [0.717, 1.165) is 24.1 Å². The molecule has 2 aromatic rings. The first-order chi connectivity index (χ1) is 11.7. The maximum Gasteiger partial charge on any atom is 0.243 e. The molecule has 1 saturated heterocycles. The Labute approximate surface area is 150 Å². The van der Waals surface area contributed by atoms with E-state index in [1.807, 2.05) is 31.4 Å². The third kappa shape index (κ3) is 3.80. The largest absolute Gasteiger partial charge is 0.276 e. The van der Waals surface area contributed by atoms with Crippen molar-refractivity contribution in [2.45, 2.75) is 49.8 Å². The second-order valence-electron chi connectivity index (χ2n) is 7.89. The number of piperidine rings is 1. The van der Waals surface area contributed by atoms with Gasteiger partial charge in [0.15, 0.2) is 0 Å². The summed E-state index contributed by atoms with van der Waals surface area (Å²) in [5.41, 5.74) is 2.12. The molecule has 2 heterocycles. The van der Waals surface area contributed by atoms with Gasteiger partial charge in [0.1, 0.15) is 0 Å². The molecule has 0 aliphatic carbocycles. The maximum atomic E-state index is 13.0. The van der Waals surface area contributed by atoms with Gasteiger partial charge < -0.3 is 0 Å². The van der Waals surface area contributed by atoms with E-state index in [1.165, 1.54) is 0 Å². The van der Waals surface area contributed by atoms with E-state index in [-0.39, 0.29) is 11.3 Å². The highest BCUT2D eigenvalue weighted by Gasteiger charge is 2.32. The highest BCUT2D eigenvalue weighted by atomic mass is 32.2. The number of aryl methyl sites for hydroxylation is 1. The third-order valence-corrected chi connectivity index (χ3v) is 6.77. The van der Waals surface area contributed by atoms with Gasteiger partial charge >= 0.3 is 0 Å². The van der Waals surface area contributed by atoms with Gasteiger partial charge in [0.2, 0.25) is 10.0 Å². The zero-order valence-electron chi connectivity index (χ0n) is 15.4. The molecule has 1 fully saturated rings. The van der Waals surface area contributed by atoms with Crippen molar-refractivity contribution in [3.8, 4) is 0 Å². The van der Waals surface area contributed by atoms with E-state index in [0.29, 0.717) is 18.0 Å². The van der Waals surface area contributed by atoms with E-state index in [1.54, 1.807) is 21.1 Å². The van der Waals surface area contributed by atoms with Gasteiger partial charge in [-0.05, 0) is 42.0 Å². The summed E-state index contributed by atoms with van der Waals surface area (Å²) in [6, 6.07) is 9.31. The van der Waals surface area contributed by atoms with Crippen LogP contribution in [0.2, 0.25) is 0 Å². The SMILES string of the molecule is Cn1ccc(C2CCCN(S(=O)(=O)c3ccc(C(C)(C)C)cc3)C2)n1. The Kier molecular flexibility index (Phi) is 4.77. The summed E-state index contributed by atoms with van der Waals surface area (Å²) >= 11 is 0. The first-order valence-corrected chi connectivity index (χ1v) is 10.2. The first-order valence-electron chi connectivity index (χ1n) is 8.78. The van der Waals surface area contributed by atoms with Gasteiger partial charge in [0.05, 0.1) is 10.6 Å². The summed E-state index contributed by atoms with van der Waals surface area (Å²) in [7, 11) is -1.57. The van der Waals surface area contributed by atoms with Crippen LogP contribution in [0.4, 0.5) is 0 Å². The Morgan fingerprint density at radius 3 is 2.36 bits per heavy atom. The van der Waals surface area contributed by atoms with Crippen LogP contribution in [0.5, 0.6) is 0 Å². The average molecular weight is 362 g/mol. The molecule has 136 valence electrons. The fourth-order valence-corrected chi connectivity index (χ4v) is 4.85. The van der Waals surface area contributed by atoms with E-state index in [2.05, 4.69) is 25.9 Å². The Bertz CT molecular complexity index is 832. The van der Waals surface area contributed by atoms with Crippen LogP contribution in [0.25, 0.3) is 0 Å². The highest BCUT2D eigenvalue weighted by molar-refractivity contribution is 7.89. The summed E-state index contributed by atoms with van der Waals surface area (Å²) in [5, 5.41) is 4.46. The molecular formula is C19H27N3O2S. The molecule has 1 unspecified atom stereocenters. The predicted octanol–water partition coefficient (Wildman–Crippen LogP) is 3.29. The molecule has 3 rings (SSSR count). The normalized spacial score (nSPS) is 19.9. The number of rotatable bonds is 3. The molecule has 1 atom stereocenters. The lowest BCUT2D eigenvalue weighted by Gasteiger charge is -2.31. The molecule has 1 aliphatic rings. The molecule has 1 aromatic carbocycles. The zero-order valence-corrected chi connectivity index (χ0v) is 16.3. The Hall–Kier alpha value is -1.66. The van der Waals surface area contributed by atoms with E-state index >= 15 is 0 Å². The average Bonchev–Trinajstić information content (AvgIpc) is 3.01. The van der Waals surface area contributed by atoms with E-state index < -0.39 is 10.0 Å². The van der Waals surface area contributed by atoms with Gasteiger partial charge in [-0.3, -0.25) is 4.68 Å². The maximum absolute atomic E-state index is 13.0. The number of nitrogens with zero attached hydrogens (tertiary/aromatic N) is 3. The molecule has 5 nitrogen and oxygen atoms in total. The van der Waals surface area contributed by atoms with Crippen LogP contribution >= 0.6 is 0 Å². The Morgan fingerprint density at radius 1 is 1.12 bits per heavy atom. The summed E-state index contributed by atoms with van der Waals surface area (Å²) in [6.45, 7) is 7.45. The quantitative estimate of drug-likeness (QED) is 0.843. The van der Waals surface area contributed by atoms with Gasteiger partial charge in [-0.2, -0.15) is 9.40 Å². The monoisotopic (exact) mass is 361 g/mol. The van der Waals surface area contributed by atoms with Crippen molar-refractivity contribution < 1.29 is 8.42 Å². The molecule has 0 amide bonds. The summed E-state index contributed by atoms with van der Waals surface area (Å²) < 4.78 is 29.4. The Balaban J connectivity index is 1.81. The second kappa shape index (κ2) is 6.57. The number of benzene rings is 1. The van der Waals surface area contributed by atoms with Crippen LogP contribution in [-0.2, 0) is 22.5 Å². The van der Waals surface area contributed by atoms with Crippen LogP contribution in [0.1, 0.15) is 50.8 Å². The number of sulfonamides is 1. The highest BCUT2D eigenvalue weighted by Crippen LogP contribution is 2.30. The molecule has 25 heavy (non-hydrogen) atoms. The molecule has 0 spiro atoms. The van der Waals surface area contributed by atoms with E-state index in [4.69, 9.17) is 0 Å². The molecule has 0 saturated carbocycles. The van der Waals surface area contributed by atoms with Gasteiger partial charge in [0.25, 0.3) is 0 Å². The van der Waals surface area contributed by atoms with Crippen molar-refractivity contribution in [2.75, 3.05) is 13.1 Å². The van der Waals surface area contributed by atoms with Crippen LogP contribution in [-0.4, -0.2) is 35.6 Å². The standard InChI is InChI=1S/C19H27N3O2S/c1-19(2,3)16-7-9-17(10-8-16)25(23,24)22-12-5-6-15(14-22)18-11-13-21(4)20-18/h7-11,13,15H,5-6,12,14H2,1-4H3. The van der Waals surface area contributed by atoms with E-state index in [9.17, 15) is 8.42 Å². The smallest absolute Gasteiger partial charge is 0.243 e. The molecule has 6 heteroatoms. The van der Waals surface area contributed by atoms with Crippen LogP contribution in [0.15, 0.2) is 41.4 Å². The van der Waals surface area contributed by atoms with Gasteiger partial charge in [0, 0.05) is 32.3 Å². The number of hydrogen-bond acceptors (Lipinski definition) is 3. The van der Waals surface area contributed by atoms with Crippen molar-refractivity contribution in [1.29, 1.82) is 0 Å². The summed E-state index contributed by atoms with van der Waals surface area (Å²) in [6.07, 6.45) is 3.75. The lowest BCUT2D eigenvalue weighted by molar-refractivity contribution is 0.312. The summed E-state index contributed by atoms with van der Waals surface area (Å²) in [4.78, 5) is 0.377. The second-order valence-corrected chi connectivity index (χ2v) is 9.83. The summed E-state index contributed by atoms with van der Waals surface area (Å²) in [5.74, 6) is 0.165. The minimum Gasteiger partial charge on any atom is -0.276 e. The predicted molar refractivity (Wildman–Crippen MR) is 99.1 cm³/mol. The molecular weight excluding hydrogens is 334 g/mol. The van der Waals surface area contributed by atoms with Crippen LogP contribution in [0, 0.1) is 0 Å². The number of hydrogen-bond donors (Lipinski definition) is 0. The minimum atomic E-state index is -3.46. The lowest BCUT2D eigenvalue weighted by atomic mass is 9.87.